The van der Waals surface area contributed by atoms with E-state index in [4.69, 9.17) is 4.74 Å². The summed E-state index contributed by atoms with van der Waals surface area (Å²) in [5.41, 5.74) is 1.23. The van der Waals surface area contributed by atoms with Crippen molar-refractivity contribution in [2.24, 2.45) is 5.92 Å². The average Bonchev–Trinajstić information content (AvgIpc) is 2.38. The molecule has 0 amide bonds. The molecule has 1 aromatic rings. The van der Waals surface area contributed by atoms with E-state index in [2.05, 4.69) is 57.3 Å². The zero-order valence-electron chi connectivity index (χ0n) is 12.7. The number of hydrogen-bond acceptors (Lipinski definition) is 2. The number of ether oxygens (including phenoxy) is 1. The minimum atomic E-state index is -0.0834. The molecule has 1 atom stereocenters. The highest BCUT2D eigenvalue weighted by atomic mass is 16.5. The van der Waals surface area contributed by atoms with E-state index in [1.807, 2.05) is 0 Å². The topological polar surface area (TPSA) is 21.3 Å². The van der Waals surface area contributed by atoms with Gasteiger partial charge in [-0.2, -0.15) is 0 Å². The van der Waals surface area contributed by atoms with Gasteiger partial charge in [0.05, 0.1) is 0 Å². The fourth-order valence-corrected chi connectivity index (χ4v) is 2.87. The van der Waals surface area contributed by atoms with Gasteiger partial charge in [0.2, 0.25) is 0 Å². The fourth-order valence-electron chi connectivity index (χ4n) is 2.87. The fraction of sp³-hybridized carbons (Fsp3) is 0.647. The number of hydrogen-bond donors (Lipinski definition) is 1. The molecule has 1 heterocycles. The van der Waals surface area contributed by atoms with Crippen LogP contribution in [0.15, 0.2) is 24.3 Å². The van der Waals surface area contributed by atoms with Crippen molar-refractivity contribution in [1.29, 1.82) is 0 Å². The Hall–Kier alpha value is -1.02. The summed E-state index contributed by atoms with van der Waals surface area (Å²) in [7, 11) is 0. The van der Waals surface area contributed by atoms with E-state index in [9.17, 15) is 0 Å². The molecule has 19 heavy (non-hydrogen) atoms. The van der Waals surface area contributed by atoms with Crippen molar-refractivity contribution in [3.05, 3.63) is 29.8 Å². The Morgan fingerprint density at radius 2 is 1.95 bits per heavy atom. The first-order valence-corrected chi connectivity index (χ1v) is 7.57. The molecular weight excluding hydrogens is 234 g/mol. The molecule has 1 aromatic carbocycles. The van der Waals surface area contributed by atoms with Crippen LogP contribution in [0.3, 0.4) is 0 Å². The number of fused-ring (bicyclic) bond motifs is 1. The summed E-state index contributed by atoms with van der Waals surface area (Å²) in [5, 5.41) is 3.76. The van der Waals surface area contributed by atoms with Gasteiger partial charge in [0, 0.05) is 18.0 Å². The minimum absolute atomic E-state index is 0.0834. The van der Waals surface area contributed by atoms with Crippen molar-refractivity contribution < 1.29 is 4.74 Å². The molecule has 0 saturated heterocycles. The van der Waals surface area contributed by atoms with Crippen LogP contribution in [-0.4, -0.2) is 12.1 Å². The zero-order valence-corrected chi connectivity index (χ0v) is 12.7. The number of para-hydroxylation sites is 1. The monoisotopic (exact) mass is 261 g/mol. The lowest BCUT2D eigenvalue weighted by Gasteiger charge is -2.38. The predicted octanol–water partition coefficient (Wildman–Crippen LogP) is 4.31. The molecule has 1 N–H and O–H groups in total. The molecule has 0 spiro atoms. The summed E-state index contributed by atoms with van der Waals surface area (Å²) < 4.78 is 6.07. The maximum atomic E-state index is 6.07. The SMILES string of the molecule is CCC(CC)CNC1CC(C)(C)Oc2ccccc21. The lowest BCUT2D eigenvalue weighted by Crippen LogP contribution is -2.40. The summed E-state index contributed by atoms with van der Waals surface area (Å²) in [6.45, 7) is 10.0. The van der Waals surface area contributed by atoms with Gasteiger partial charge in [0.1, 0.15) is 11.4 Å². The third-order valence-corrected chi connectivity index (χ3v) is 4.18. The standard InChI is InChI=1S/C17H27NO/c1-5-13(6-2)12-18-15-11-17(3,4)19-16-10-8-7-9-14(15)16/h7-10,13,15,18H,5-6,11-12H2,1-4H3. The first kappa shape index (κ1) is 14.4. The van der Waals surface area contributed by atoms with Crippen LogP contribution in [0.4, 0.5) is 0 Å². The predicted molar refractivity (Wildman–Crippen MR) is 80.6 cm³/mol. The van der Waals surface area contributed by atoms with Gasteiger partial charge < -0.3 is 10.1 Å². The van der Waals surface area contributed by atoms with Crippen molar-refractivity contribution in [3.8, 4) is 5.75 Å². The van der Waals surface area contributed by atoms with Crippen LogP contribution in [0.5, 0.6) is 5.75 Å². The third kappa shape index (κ3) is 3.50. The minimum Gasteiger partial charge on any atom is -0.487 e. The molecule has 0 aromatic heterocycles. The van der Waals surface area contributed by atoms with Crippen molar-refractivity contribution >= 4 is 0 Å². The van der Waals surface area contributed by atoms with E-state index in [1.54, 1.807) is 0 Å². The molecule has 0 bridgehead atoms. The van der Waals surface area contributed by atoms with Crippen LogP contribution in [0, 0.1) is 5.92 Å². The number of benzene rings is 1. The second-order valence-electron chi connectivity index (χ2n) is 6.25. The van der Waals surface area contributed by atoms with Gasteiger partial charge in [0.15, 0.2) is 0 Å². The Morgan fingerprint density at radius 3 is 2.63 bits per heavy atom. The third-order valence-electron chi connectivity index (χ3n) is 4.18. The molecule has 106 valence electrons. The maximum Gasteiger partial charge on any atom is 0.124 e. The van der Waals surface area contributed by atoms with Crippen molar-refractivity contribution in [1.82, 2.24) is 5.32 Å². The molecular formula is C17H27NO. The van der Waals surface area contributed by atoms with Crippen molar-refractivity contribution in [3.63, 3.8) is 0 Å². The molecule has 2 heteroatoms. The summed E-state index contributed by atoms with van der Waals surface area (Å²) >= 11 is 0. The van der Waals surface area contributed by atoms with Gasteiger partial charge in [0.25, 0.3) is 0 Å². The Morgan fingerprint density at radius 1 is 1.26 bits per heavy atom. The van der Waals surface area contributed by atoms with E-state index >= 15 is 0 Å². The zero-order chi connectivity index (χ0) is 13.9. The Balaban J connectivity index is 2.11. The van der Waals surface area contributed by atoms with E-state index < -0.39 is 0 Å². The Kier molecular flexibility index (Phi) is 4.51. The van der Waals surface area contributed by atoms with E-state index in [1.165, 1.54) is 18.4 Å². The molecule has 1 unspecified atom stereocenters. The van der Waals surface area contributed by atoms with Crippen LogP contribution in [0.25, 0.3) is 0 Å². The summed E-state index contributed by atoms with van der Waals surface area (Å²) in [6.07, 6.45) is 3.53. The van der Waals surface area contributed by atoms with Gasteiger partial charge in [-0.15, -0.1) is 0 Å². The second kappa shape index (κ2) is 5.96. The summed E-state index contributed by atoms with van der Waals surface area (Å²) in [4.78, 5) is 0. The molecule has 2 rings (SSSR count). The average molecular weight is 261 g/mol. The van der Waals surface area contributed by atoms with Crippen LogP contribution in [-0.2, 0) is 0 Å². The van der Waals surface area contributed by atoms with Crippen LogP contribution in [0.2, 0.25) is 0 Å². The lowest BCUT2D eigenvalue weighted by atomic mass is 9.89. The summed E-state index contributed by atoms with van der Waals surface area (Å²) in [6, 6.07) is 8.85. The highest BCUT2D eigenvalue weighted by Crippen LogP contribution is 2.39. The maximum absolute atomic E-state index is 6.07. The normalized spacial score (nSPS) is 21.0. The number of rotatable bonds is 5. The van der Waals surface area contributed by atoms with E-state index in [0.29, 0.717) is 6.04 Å². The van der Waals surface area contributed by atoms with Crippen LogP contribution < -0.4 is 10.1 Å². The molecule has 0 radical (unpaired) electrons. The van der Waals surface area contributed by atoms with Crippen LogP contribution in [0.1, 0.15) is 58.6 Å². The second-order valence-corrected chi connectivity index (χ2v) is 6.25. The van der Waals surface area contributed by atoms with Gasteiger partial charge in [-0.05, 0) is 32.4 Å². The molecule has 0 saturated carbocycles. The highest BCUT2D eigenvalue weighted by Gasteiger charge is 2.33. The molecule has 2 nitrogen and oxygen atoms in total. The first-order chi connectivity index (χ1) is 9.05. The van der Waals surface area contributed by atoms with E-state index in [-0.39, 0.29) is 5.60 Å². The van der Waals surface area contributed by atoms with Gasteiger partial charge in [-0.3, -0.25) is 0 Å². The largest absolute Gasteiger partial charge is 0.487 e. The summed E-state index contributed by atoms with van der Waals surface area (Å²) in [5.74, 6) is 1.82. The number of nitrogens with one attached hydrogen (secondary N) is 1. The Bertz CT molecular complexity index is 409. The lowest BCUT2D eigenvalue weighted by molar-refractivity contribution is 0.0651. The van der Waals surface area contributed by atoms with Gasteiger partial charge in [-0.1, -0.05) is 44.9 Å². The first-order valence-electron chi connectivity index (χ1n) is 7.57. The smallest absolute Gasteiger partial charge is 0.124 e. The molecule has 0 aliphatic carbocycles. The quantitative estimate of drug-likeness (QED) is 0.852. The molecule has 1 aliphatic heterocycles. The molecule has 0 fully saturated rings. The van der Waals surface area contributed by atoms with Gasteiger partial charge in [-0.25, -0.2) is 0 Å². The Labute approximate surface area is 117 Å². The van der Waals surface area contributed by atoms with Gasteiger partial charge >= 0.3 is 0 Å². The molecule has 1 aliphatic rings. The van der Waals surface area contributed by atoms with E-state index in [0.717, 1.165) is 24.6 Å². The highest BCUT2D eigenvalue weighted by molar-refractivity contribution is 5.38. The van der Waals surface area contributed by atoms with Crippen molar-refractivity contribution in [2.45, 2.75) is 58.6 Å². The van der Waals surface area contributed by atoms with Crippen molar-refractivity contribution in [2.75, 3.05) is 6.54 Å². The van der Waals surface area contributed by atoms with Crippen LogP contribution >= 0.6 is 0 Å².